The molecule has 0 N–H and O–H groups in total. The zero-order valence-corrected chi connectivity index (χ0v) is 12.8. The van der Waals surface area contributed by atoms with Crippen molar-refractivity contribution in [3.05, 3.63) is 53.4 Å². The van der Waals surface area contributed by atoms with Gasteiger partial charge in [-0.05, 0) is 6.07 Å². The van der Waals surface area contributed by atoms with E-state index in [2.05, 4.69) is 24.9 Å². The second-order valence-corrected chi connectivity index (χ2v) is 5.67. The molecular formula is C13H7Cl2N5S. The predicted octanol–water partition coefficient (Wildman–Crippen LogP) is 3.79. The van der Waals surface area contributed by atoms with Gasteiger partial charge in [0.25, 0.3) is 0 Å². The van der Waals surface area contributed by atoms with Crippen LogP contribution in [0.1, 0.15) is 0 Å². The lowest BCUT2D eigenvalue weighted by Crippen LogP contribution is -1.91. The fourth-order valence-electron chi connectivity index (χ4n) is 1.57. The molecule has 3 aromatic heterocycles. The van der Waals surface area contributed by atoms with Crippen molar-refractivity contribution in [3.63, 3.8) is 0 Å². The standard InChI is InChI=1S/C13H7Cl2N5S/c14-10-6-20-11(7-19-10)21-9-1-2-18-13(12(9)15)8-5-16-3-4-17-8/h1-7H. The molecule has 0 radical (unpaired) electrons. The van der Waals surface area contributed by atoms with Gasteiger partial charge in [-0.15, -0.1) is 0 Å². The monoisotopic (exact) mass is 335 g/mol. The van der Waals surface area contributed by atoms with Crippen molar-refractivity contribution in [1.82, 2.24) is 24.9 Å². The molecule has 0 spiro atoms. The summed E-state index contributed by atoms with van der Waals surface area (Å²) in [6.07, 6.45) is 9.55. The fraction of sp³-hybridized carbons (Fsp3) is 0. The Hall–Kier alpha value is -1.76. The Morgan fingerprint density at radius 1 is 0.857 bits per heavy atom. The minimum Gasteiger partial charge on any atom is -0.261 e. The topological polar surface area (TPSA) is 64.5 Å². The average molecular weight is 336 g/mol. The maximum Gasteiger partial charge on any atom is 0.147 e. The number of hydrogen-bond donors (Lipinski definition) is 0. The van der Waals surface area contributed by atoms with E-state index in [1.807, 2.05) is 6.07 Å². The van der Waals surface area contributed by atoms with Crippen LogP contribution in [0, 0.1) is 0 Å². The molecule has 0 fully saturated rings. The zero-order chi connectivity index (χ0) is 14.7. The Morgan fingerprint density at radius 2 is 1.76 bits per heavy atom. The van der Waals surface area contributed by atoms with E-state index in [0.717, 1.165) is 4.90 Å². The summed E-state index contributed by atoms with van der Waals surface area (Å²) < 4.78 is 0. The number of halogens is 2. The smallest absolute Gasteiger partial charge is 0.147 e. The summed E-state index contributed by atoms with van der Waals surface area (Å²) in [6.45, 7) is 0. The Morgan fingerprint density at radius 3 is 2.48 bits per heavy atom. The lowest BCUT2D eigenvalue weighted by atomic mass is 10.3. The third-order valence-corrected chi connectivity index (χ3v) is 4.14. The van der Waals surface area contributed by atoms with E-state index in [1.165, 1.54) is 18.0 Å². The normalized spacial score (nSPS) is 10.6. The molecule has 0 amide bonds. The van der Waals surface area contributed by atoms with Crippen LogP contribution in [0.3, 0.4) is 0 Å². The molecule has 0 saturated heterocycles. The second-order valence-electron chi connectivity index (χ2n) is 3.84. The van der Waals surface area contributed by atoms with E-state index in [1.54, 1.807) is 31.0 Å². The highest BCUT2D eigenvalue weighted by atomic mass is 35.5. The molecule has 0 unspecified atom stereocenters. The summed E-state index contributed by atoms with van der Waals surface area (Å²) >= 11 is 13.5. The van der Waals surface area contributed by atoms with Gasteiger partial charge in [-0.1, -0.05) is 35.0 Å². The third-order valence-electron chi connectivity index (χ3n) is 2.47. The highest BCUT2D eigenvalue weighted by molar-refractivity contribution is 7.99. The van der Waals surface area contributed by atoms with Crippen molar-refractivity contribution in [2.75, 3.05) is 0 Å². The first-order chi connectivity index (χ1) is 10.2. The highest BCUT2D eigenvalue weighted by Gasteiger charge is 2.12. The van der Waals surface area contributed by atoms with Crippen LogP contribution in [0.2, 0.25) is 10.2 Å². The second kappa shape index (κ2) is 6.34. The van der Waals surface area contributed by atoms with E-state index in [0.29, 0.717) is 26.6 Å². The van der Waals surface area contributed by atoms with E-state index in [4.69, 9.17) is 23.2 Å². The van der Waals surface area contributed by atoms with Crippen LogP contribution in [0.4, 0.5) is 0 Å². The summed E-state index contributed by atoms with van der Waals surface area (Å²) in [5, 5.41) is 1.54. The van der Waals surface area contributed by atoms with Gasteiger partial charge in [0.2, 0.25) is 0 Å². The molecule has 3 heterocycles. The molecule has 3 rings (SSSR count). The van der Waals surface area contributed by atoms with Crippen LogP contribution in [0.15, 0.2) is 53.2 Å². The first-order valence-electron chi connectivity index (χ1n) is 5.80. The molecule has 0 bridgehead atoms. The minimum absolute atomic E-state index is 0.348. The largest absolute Gasteiger partial charge is 0.261 e. The van der Waals surface area contributed by atoms with E-state index >= 15 is 0 Å². The third kappa shape index (κ3) is 3.29. The van der Waals surface area contributed by atoms with Gasteiger partial charge in [-0.2, -0.15) is 0 Å². The molecule has 21 heavy (non-hydrogen) atoms. The molecule has 0 saturated carbocycles. The molecule has 0 aliphatic heterocycles. The first-order valence-corrected chi connectivity index (χ1v) is 7.37. The number of pyridine rings is 1. The van der Waals surface area contributed by atoms with Crippen LogP contribution >= 0.6 is 35.0 Å². The molecule has 0 aliphatic rings. The number of aromatic nitrogens is 5. The van der Waals surface area contributed by atoms with Crippen molar-refractivity contribution in [1.29, 1.82) is 0 Å². The molecule has 104 valence electrons. The molecule has 0 aliphatic carbocycles. The lowest BCUT2D eigenvalue weighted by molar-refractivity contribution is 1.05. The number of hydrogen-bond acceptors (Lipinski definition) is 6. The molecule has 0 aromatic carbocycles. The van der Waals surface area contributed by atoms with Crippen LogP contribution in [-0.2, 0) is 0 Å². The van der Waals surface area contributed by atoms with Gasteiger partial charge in [0.15, 0.2) is 0 Å². The fourth-order valence-corrected chi connectivity index (χ4v) is 2.74. The molecular weight excluding hydrogens is 329 g/mol. The molecule has 3 aromatic rings. The van der Waals surface area contributed by atoms with Crippen molar-refractivity contribution >= 4 is 35.0 Å². The molecule has 0 atom stereocenters. The van der Waals surface area contributed by atoms with Gasteiger partial charge in [0.05, 0.1) is 23.6 Å². The SMILES string of the molecule is Clc1cnc(Sc2ccnc(-c3cnccn3)c2Cl)cn1. The summed E-state index contributed by atoms with van der Waals surface area (Å²) in [5.74, 6) is 0. The first kappa shape index (κ1) is 14.2. The van der Waals surface area contributed by atoms with Crippen LogP contribution in [0.25, 0.3) is 11.4 Å². The van der Waals surface area contributed by atoms with Gasteiger partial charge in [-0.25, -0.2) is 9.97 Å². The zero-order valence-electron chi connectivity index (χ0n) is 10.4. The summed E-state index contributed by atoms with van der Waals surface area (Å²) in [5.41, 5.74) is 1.20. The van der Waals surface area contributed by atoms with Crippen molar-refractivity contribution in [3.8, 4) is 11.4 Å². The van der Waals surface area contributed by atoms with Crippen LogP contribution in [-0.4, -0.2) is 24.9 Å². The van der Waals surface area contributed by atoms with Crippen molar-refractivity contribution < 1.29 is 0 Å². The number of nitrogens with zero attached hydrogens (tertiary/aromatic N) is 5. The minimum atomic E-state index is 0.348. The average Bonchev–Trinajstić information content (AvgIpc) is 2.52. The summed E-state index contributed by atoms with van der Waals surface area (Å²) in [4.78, 5) is 21.5. The van der Waals surface area contributed by atoms with Gasteiger partial charge in [-0.3, -0.25) is 15.0 Å². The predicted molar refractivity (Wildman–Crippen MR) is 81.4 cm³/mol. The molecule has 5 nitrogen and oxygen atoms in total. The van der Waals surface area contributed by atoms with Crippen molar-refractivity contribution in [2.45, 2.75) is 9.92 Å². The van der Waals surface area contributed by atoms with Crippen molar-refractivity contribution in [2.24, 2.45) is 0 Å². The van der Waals surface area contributed by atoms with Gasteiger partial charge >= 0.3 is 0 Å². The number of rotatable bonds is 3. The molecule has 8 heteroatoms. The van der Waals surface area contributed by atoms with Gasteiger partial charge in [0.1, 0.15) is 21.6 Å². The summed E-state index contributed by atoms with van der Waals surface area (Å²) in [6, 6.07) is 1.81. The highest BCUT2D eigenvalue weighted by Crippen LogP contribution is 2.36. The maximum absolute atomic E-state index is 6.40. The van der Waals surface area contributed by atoms with Crippen LogP contribution in [0.5, 0.6) is 0 Å². The quantitative estimate of drug-likeness (QED) is 0.725. The van der Waals surface area contributed by atoms with E-state index in [-0.39, 0.29) is 0 Å². The van der Waals surface area contributed by atoms with Gasteiger partial charge < -0.3 is 0 Å². The Kier molecular flexibility index (Phi) is 4.28. The van der Waals surface area contributed by atoms with E-state index < -0.39 is 0 Å². The Balaban J connectivity index is 1.95. The Bertz CT molecular complexity index is 752. The lowest BCUT2D eigenvalue weighted by Gasteiger charge is -2.07. The van der Waals surface area contributed by atoms with Gasteiger partial charge in [0, 0.05) is 23.5 Å². The van der Waals surface area contributed by atoms with E-state index in [9.17, 15) is 0 Å². The maximum atomic E-state index is 6.40. The Labute approximate surface area is 134 Å². The summed E-state index contributed by atoms with van der Waals surface area (Å²) in [7, 11) is 0. The van der Waals surface area contributed by atoms with Crippen LogP contribution < -0.4 is 0 Å².